The molecule has 3 heterocycles. The molecular weight excluding hydrogens is 358 g/mol. The van der Waals surface area contributed by atoms with Crippen LogP contribution < -0.4 is 0 Å². The van der Waals surface area contributed by atoms with Crippen LogP contribution >= 0.6 is 11.8 Å². The maximum absolute atomic E-state index is 12.4. The molecule has 0 spiro atoms. The van der Waals surface area contributed by atoms with E-state index >= 15 is 0 Å². The number of amides is 1. The molecule has 1 aromatic carbocycles. The molecule has 0 radical (unpaired) electrons. The van der Waals surface area contributed by atoms with Gasteiger partial charge in [-0.05, 0) is 61.4 Å². The number of carbonyl (C=O) groups is 1. The van der Waals surface area contributed by atoms with Gasteiger partial charge in [-0.2, -0.15) is 15.1 Å². The van der Waals surface area contributed by atoms with Gasteiger partial charge in [-0.25, -0.2) is 0 Å². The molecule has 0 fully saturated rings. The fourth-order valence-corrected chi connectivity index (χ4v) is 4.03. The lowest BCUT2D eigenvalue weighted by Gasteiger charge is -2.20. The molecule has 0 saturated carbocycles. The van der Waals surface area contributed by atoms with E-state index in [0.717, 1.165) is 29.1 Å². The number of hydrogen-bond donors (Lipinski definition) is 1. The van der Waals surface area contributed by atoms with Gasteiger partial charge in [-0.3, -0.25) is 10.2 Å². The lowest BCUT2D eigenvalue weighted by Crippen LogP contribution is -2.35. The lowest BCUT2D eigenvalue weighted by molar-refractivity contribution is -0.114. The average molecular weight is 377 g/mol. The number of carbonyl (C=O) groups excluding carboxylic acids is 1. The van der Waals surface area contributed by atoms with Crippen molar-refractivity contribution in [2.75, 3.05) is 0 Å². The quantitative estimate of drug-likeness (QED) is 0.824. The van der Waals surface area contributed by atoms with Crippen molar-refractivity contribution in [2.45, 2.75) is 27.2 Å². The Morgan fingerprint density at radius 2 is 2.04 bits per heavy atom. The highest BCUT2D eigenvalue weighted by Gasteiger charge is 2.32. The summed E-state index contributed by atoms with van der Waals surface area (Å²) in [5.41, 5.74) is 7.24. The summed E-state index contributed by atoms with van der Waals surface area (Å²) >= 11 is 1.24. The standard InChI is InChI=1S/C20H19N5OS/c1-4-14-7-5-6-8-17(14)24-12(2)9-15(13(24)3)10-16-18(21)25-20(23-19(16)26)27-11-22-25/h5-11,21H,4H2,1-3H3/b16-10-,21-18?. The third kappa shape index (κ3) is 2.84. The maximum atomic E-state index is 12.4. The lowest BCUT2D eigenvalue weighted by atomic mass is 10.1. The molecule has 0 unspecified atom stereocenters. The highest BCUT2D eigenvalue weighted by Crippen LogP contribution is 2.28. The number of fused-ring (bicyclic) bond motifs is 1. The monoisotopic (exact) mass is 377 g/mol. The first kappa shape index (κ1) is 17.5. The normalized spacial score (nSPS) is 17.7. The molecule has 0 saturated heterocycles. The first-order valence-corrected chi connectivity index (χ1v) is 9.59. The largest absolute Gasteiger partial charge is 0.318 e. The van der Waals surface area contributed by atoms with Gasteiger partial charge in [0.1, 0.15) is 0 Å². The average Bonchev–Trinajstić information content (AvgIpc) is 3.23. The second-order valence-electron chi connectivity index (χ2n) is 6.40. The van der Waals surface area contributed by atoms with Gasteiger partial charge in [0.05, 0.1) is 11.1 Å². The van der Waals surface area contributed by atoms with Crippen molar-refractivity contribution >= 4 is 40.3 Å². The molecule has 136 valence electrons. The Bertz CT molecular complexity index is 1060. The van der Waals surface area contributed by atoms with Crippen molar-refractivity contribution in [1.82, 2.24) is 9.58 Å². The smallest absolute Gasteiger partial charge is 0.283 e. The maximum Gasteiger partial charge on any atom is 0.283 e. The van der Waals surface area contributed by atoms with Crippen LogP contribution in [0.5, 0.6) is 0 Å². The van der Waals surface area contributed by atoms with Crippen molar-refractivity contribution < 1.29 is 4.79 Å². The minimum Gasteiger partial charge on any atom is -0.318 e. The van der Waals surface area contributed by atoms with Gasteiger partial charge in [0, 0.05) is 17.1 Å². The molecule has 2 aliphatic heterocycles. The van der Waals surface area contributed by atoms with E-state index in [1.54, 1.807) is 11.6 Å². The fraction of sp³-hybridized carbons (Fsp3) is 0.200. The highest BCUT2D eigenvalue weighted by atomic mass is 32.2. The number of rotatable bonds is 3. The zero-order valence-corrected chi connectivity index (χ0v) is 16.2. The van der Waals surface area contributed by atoms with E-state index in [-0.39, 0.29) is 11.4 Å². The number of aryl methyl sites for hydroxylation is 2. The van der Waals surface area contributed by atoms with Gasteiger partial charge in [-0.15, -0.1) is 0 Å². The summed E-state index contributed by atoms with van der Waals surface area (Å²) < 4.78 is 2.20. The van der Waals surface area contributed by atoms with E-state index < -0.39 is 5.91 Å². The number of hydrazone groups is 1. The Morgan fingerprint density at radius 3 is 2.81 bits per heavy atom. The van der Waals surface area contributed by atoms with Crippen LogP contribution in [-0.4, -0.2) is 32.0 Å². The summed E-state index contributed by atoms with van der Waals surface area (Å²) in [6.07, 6.45) is 2.69. The van der Waals surface area contributed by atoms with E-state index in [9.17, 15) is 4.79 Å². The van der Waals surface area contributed by atoms with Gasteiger partial charge in [0.2, 0.25) is 0 Å². The zero-order valence-electron chi connectivity index (χ0n) is 15.4. The Hall–Kier alpha value is -2.93. The Labute approximate surface area is 161 Å². The van der Waals surface area contributed by atoms with Crippen LogP contribution in [0.3, 0.4) is 0 Å². The Kier molecular flexibility index (Phi) is 4.31. The van der Waals surface area contributed by atoms with E-state index in [2.05, 4.69) is 33.7 Å². The van der Waals surface area contributed by atoms with Gasteiger partial charge in [-0.1, -0.05) is 25.1 Å². The zero-order chi connectivity index (χ0) is 19.1. The summed E-state index contributed by atoms with van der Waals surface area (Å²) in [5, 5.41) is 14.3. The third-order valence-electron chi connectivity index (χ3n) is 4.78. The molecule has 6 nitrogen and oxygen atoms in total. The van der Waals surface area contributed by atoms with Crippen molar-refractivity contribution in [3.8, 4) is 5.69 Å². The number of nitrogens with zero attached hydrogens (tertiary/aromatic N) is 4. The first-order valence-electron chi connectivity index (χ1n) is 8.71. The third-order valence-corrected chi connectivity index (χ3v) is 5.45. The molecule has 0 bridgehead atoms. The number of benzene rings is 1. The Balaban J connectivity index is 1.81. The molecule has 2 aliphatic rings. The SMILES string of the molecule is CCc1ccccc1-n1c(C)cc(/C=C2/C(=N)N3N=CSC3=NC2=O)c1C. The van der Waals surface area contributed by atoms with Gasteiger partial charge in [0.25, 0.3) is 5.91 Å². The van der Waals surface area contributed by atoms with Crippen molar-refractivity contribution in [1.29, 1.82) is 5.41 Å². The number of nitrogens with one attached hydrogen (secondary N) is 1. The molecule has 0 atom stereocenters. The van der Waals surface area contributed by atoms with Crippen molar-refractivity contribution in [3.63, 3.8) is 0 Å². The van der Waals surface area contributed by atoms with E-state index in [0.29, 0.717) is 5.17 Å². The van der Waals surface area contributed by atoms with Crippen molar-refractivity contribution in [2.24, 2.45) is 10.1 Å². The van der Waals surface area contributed by atoms with Crippen LogP contribution in [0.2, 0.25) is 0 Å². The first-order chi connectivity index (χ1) is 13.0. The van der Waals surface area contributed by atoms with Crippen LogP contribution in [0, 0.1) is 19.3 Å². The Morgan fingerprint density at radius 1 is 1.26 bits per heavy atom. The summed E-state index contributed by atoms with van der Waals surface area (Å²) in [4.78, 5) is 16.5. The second-order valence-corrected chi connectivity index (χ2v) is 7.21. The van der Waals surface area contributed by atoms with Crippen LogP contribution in [0.25, 0.3) is 11.8 Å². The van der Waals surface area contributed by atoms with Crippen molar-refractivity contribution in [3.05, 3.63) is 58.4 Å². The number of para-hydroxylation sites is 1. The molecule has 1 amide bonds. The number of thioether (sulfide) groups is 1. The van der Waals surface area contributed by atoms with Gasteiger partial charge >= 0.3 is 0 Å². The van der Waals surface area contributed by atoms with Crippen LogP contribution in [0.4, 0.5) is 0 Å². The number of aromatic nitrogens is 1. The van der Waals surface area contributed by atoms with Crippen LogP contribution in [0.1, 0.15) is 29.4 Å². The van der Waals surface area contributed by atoms with E-state index in [4.69, 9.17) is 5.41 Å². The topological polar surface area (TPSA) is 73.8 Å². The molecular formula is C20H19N5OS. The van der Waals surface area contributed by atoms with Crippen LogP contribution in [0.15, 0.2) is 46.0 Å². The predicted molar refractivity (Wildman–Crippen MR) is 111 cm³/mol. The number of hydrogen-bond acceptors (Lipinski definition) is 4. The number of amidine groups is 2. The molecule has 1 N–H and O–H groups in total. The van der Waals surface area contributed by atoms with Gasteiger partial charge in [0.15, 0.2) is 11.0 Å². The molecule has 1 aromatic heterocycles. The molecule has 0 aliphatic carbocycles. The molecule has 2 aromatic rings. The summed E-state index contributed by atoms with van der Waals surface area (Å²) in [5.74, 6) is -0.340. The highest BCUT2D eigenvalue weighted by molar-refractivity contribution is 8.25. The van der Waals surface area contributed by atoms with E-state index in [1.165, 1.54) is 22.3 Å². The van der Waals surface area contributed by atoms with Gasteiger partial charge < -0.3 is 4.57 Å². The summed E-state index contributed by atoms with van der Waals surface area (Å²) in [6.45, 7) is 6.22. The predicted octanol–water partition coefficient (Wildman–Crippen LogP) is 3.91. The number of aliphatic imine (C=N–C) groups is 1. The minimum atomic E-state index is -0.400. The molecule has 7 heteroatoms. The molecule has 4 rings (SSSR count). The van der Waals surface area contributed by atoms with Crippen LogP contribution in [-0.2, 0) is 11.2 Å². The second kappa shape index (κ2) is 6.66. The minimum absolute atomic E-state index is 0.0602. The summed E-state index contributed by atoms with van der Waals surface area (Å²) in [7, 11) is 0. The summed E-state index contributed by atoms with van der Waals surface area (Å²) in [6, 6.07) is 10.4. The fourth-order valence-electron chi connectivity index (χ4n) is 3.42. The van der Waals surface area contributed by atoms with E-state index in [1.807, 2.05) is 32.0 Å². The molecule has 27 heavy (non-hydrogen) atoms.